The van der Waals surface area contributed by atoms with Crippen LogP contribution >= 0.6 is 0 Å². The van der Waals surface area contributed by atoms with Gasteiger partial charge in [-0.15, -0.1) is 0 Å². The summed E-state index contributed by atoms with van der Waals surface area (Å²) in [4.78, 5) is 32.2. The molecule has 1 N–H and O–H groups in total. The zero-order valence-electron chi connectivity index (χ0n) is 20.5. The van der Waals surface area contributed by atoms with Crippen LogP contribution in [0.5, 0.6) is 5.75 Å². The molecular formula is C29H30N2O4. The summed E-state index contributed by atoms with van der Waals surface area (Å²) in [7, 11) is 0. The van der Waals surface area contributed by atoms with Crippen LogP contribution in [0.3, 0.4) is 0 Å². The van der Waals surface area contributed by atoms with E-state index in [1.807, 2.05) is 50.2 Å². The summed E-state index contributed by atoms with van der Waals surface area (Å²) in [5.74, 6) is -0.498. The number of aliphatic hydroxyl groups excluding tert-OH is 1. The van der Waals surface area contributed by atoms with Crippen LogP contribution in [0.4, 0.5) is 0 Å². The van der Waals surface area contributed by atoms with E-state index in [-0.39, 0.29) is 17.9 Å². The Hall–Kier alpha value is -3.93. The molecule has 0 radical (unpaired) electrons. The maximum absolute atomic E-state index is 13.3. The molecule has 0 saturated carbocycles. The highest BCUT2D eigenvalue weighted by atomic mass is 16.5. The number of aliphatic hydroxyl groups is 1. The maximum atomic E-state index is 13.3. The summed E-state index contributed by atoms with van der Waals surface area (Å²) >= 11 is 0. The van der Waals surface area contributed by atoms with Gasteiger partial charge < -0.3 is 14.7 Å². The number of likely N-dealkylation sites (tertiary alicyclic amines) is 1. The minimum atomic E-state index is -0.720. The maximum Gasteiger partial charge on any atom is 0.295 e. The molecule has 3 aromatic rings. The largest absolute Gasteiger partial charge is 0.507 e. The SMILES string of the molecule is CCOc1ccc(C(O)=C2C(=O)C(=O)N(Cc3cccnc3)[C@@H]2c2ccc(C(C)C)cc2)c(C)c1. The Morgan fingerprint density at radius 1 is 1.11 bits per heavy atom. The zero-order valence-corrected chi connectivity index (χ0v) is 20.5. The predicted octanol–water partition coefficient (Wildman–Crippen LogP) is 5.53. The summed E-state index contributed by atoms with van der Waals surface area (Å²) in [5, 5.41) is 11.4. The lowest BCUT2D eigenvalue weighted by Gasteiger charge is -2.26. The molecule has 180 valence electrons. The molecule has 2 heterocycles. The van der Waals surface area contributed by atoms with E-state index >= 15 is 0 Å². The van der Waals surface area contributed by atoms with E-state index in [4.69, 9.17) is 4.74 Å². The molecule has 0 bridgehead atoms. The van der Waals surface area contributed by atoms with Crippen molar-refractivity contribution in [2.75, 3.05) is 6.61 Å². The van der Waals surface area contributed by atoms with E-state index < -0.39 is 17.7 Å². The summed E-state index contributed by atoms with van der Waals surface area (Å²) in [5.41, 5.74) is 4.05. The number of aromatic nitrogens is 1. The van der Waals surface area contributed by atoms with E-state index in [1.54, 1.807) is 30.6 Å². The summed E-state index contributed by atoms with van der Waals surface area (Å²) in [6, 6.07) is 16.1. The van der Waals surface area contributed by atoms with Crippen molar-refractivity contribution in [2.24, 2.45) is 0 Å². The molecule has 1 aliphatic heterocycles. The van der Waals surface area contributed by atoms with Gasteiger partial charge in [0.2, 0.25) is 0 Å². The number of nitrogens with zero attached hydrogens (tertiary/aromatic N) is 2. The lowest BCUT2D eigenvalue weighted by Crippen LogP contribution is -2.29. The Bertz CT molecular complexity index is 1260. The standard InChI is InChI=1S/C29H30N2O4/c1-5-35-23-12-13-24(19(4)15-23)27(32)25-26(22-10-8-21(9-11-22)18(2)3)31(29(34)28(25)33)17-20-7-6-14-30-16-20/h6-16,18,26,32H,5,17H2,1-4H3/t26-/m1/s1. The van der Waals surface area contributed by atoms with Crippen molar-refractivity contribution >= 4 is 17.4 Å². The molecule has 0 aliphatic carbocycles. The number of Topliss-reactive ketones (excluding diaryl/α,β-unsaturated/α-hetero) is 1. The number of hydrogen-bond donors (Lipinski definition) is 1. The Balaban J connectivity index is 1.85. The number of carbonyl (C=O) groups excluding carboxylic acids is 2. The smallest absolute Gasteiger partial charge is 0.295 e. The Kier molecular flexibility index (Phi) is 7.01. The molecule has 4 rings (SSSR count). The molecule has 6 nitrogen and oxygen atoms in total. The summed E-state index contributed by atoms with van der Waals surface area (Å²) in [6.45, 7) is 8.69. The fourth-order valence-corrected chi connectivity index (χ4v) is 4.44. The van der Waals surface area contributed by atoms with E-state index in [9.17, 15) is 14.7 Å². The fourth-order valence-electron chi connectivity index (χ4n) is 4.44. The van der Waals surface area contributed by atoms with E-state index in [1.165, 1.54) is 4.90 Å². The van der Waals surface area contributed by atoms with Crippen LogP contribution in [0.1, 0.15) is 60.5 Å². The molecule has 1 aliphatic rings. The minimum absolute atomic E-state index is 0.0865. The number of ketones is 1. The van der Waals surface area contributed by atoms with Crippen LogP contribution in [-0.2, 0) is 16.1 Å². The van der Waals surface area contributed by atoms with E-state index in [0.29, 0.717) is 23.8 Å². The van der Waals surface area contributed by atoms with Gasteiger partial charge >= 0.3 is 0 Å². The molecule has 2 aromatic carbocycles. The topological polar surface area (TPSA) is 79.7 Å². The number of pyridine rings is 1. The van der Waals surface area contributed by atoms with Crippen molar-refractivity contribution in [3.05, 3.63) is 100 Å². The number of hydrogen-bond acceptors (Lipinski definition) is 5. The predicted molar refractivity (Wildman–Crippen MR) is 135 cm³/mol. The van der Waals surface area contributed by atoms with Crippen molar-refractivity contribution in [1.82, 2.24) is 9.88 Å². The molecule has 1 fully saturated rings. The molecule has 1 atom stereocenters. The Labute approximate surface area is 205 Å². The van der Waals surface area contributed by atoms with Crippen molar-refractivity contribution < 1.29 is 19.4 Å². The number of rotatable bonds is 7. The molecular weight excluding hydrogens is 440 g/mol. The molecule has 35 heavy (non-hydrogen) atoms. The number of benzene rings is 2. The molecule has 1 aromatic heterocycles. The number of ether oxygens (including phenoxy) is 1. The molecule has 0 spiro atoms. The zero-order chi connectivity index (χ0) is 25.1. The first-order valence-electron chi connectivity index (χ1n) is 11.8. The third kappa shape index (κ3) is 4.83. The van der Waals surface area contributed by atoms with Crippen LogP contribution in [0.25, 0.3) is 5.76 Å². The minimum Gasteiger partial charge on any atom is -0.507 e. The highest BCUT2D eigenvalue weighted by Crippen LogP contribution is 2.41. The molecule has 1 saturated heterocycles. The first-order chi connectivity index (χ1) is 16.8. The van der Waals surface area contributed by atoms with E-state index in [2.05, 4.69) is 18.8 Å². The number of carbonyl (C=O) groups is 2. The third-order valence-electron chi connectivity index (χ3n) is 6.30. The van der Waals surface area contributed by atoms with Gasteiger partial charge in [-0.2, -0.15) is 0 Å². The Morgan fingerprint density at radius 3 is 2.46 bits per heavy atom. The lowest BCUT2D eigenvalue weighted by molar-refractivity contribution is -0.140. The molecule has 1 amide bonds. The Morgan fingerprint density at radius 2 is 1.86 bits per heavy atom. The van der Waals surface area contributed by atoms with Crippen molar-refractivity contribution in [3.63, 3.8) is 0 Å². The highest BCUT2D eigenvalue weighted by Gasteiger charge is 2.46. The van der Waals surface area contributed by atoms with Gasteiger partial charge in [0.1, 0.15) is 11.5 Å². The fraction of sp³-hybridized carbons (Fsp3) is 0.276. The van der Waals surface area contributed by atoms with Crippen LogP contribution in [0.2, 0.25) is 0 Å². The average Bonchev–Trinajstić information content (AvgIpc) is 3.09. The summed E-state index contributed by atoms with van der Waals surface area (Å²) in [6.07, 6.45) is 3.34. The lowest BCUT2D eigenvalue weighted by atomic mass is 9.92. The molecule has 6 heteroatoms. The van der Waals surface area contributed by atoms with Crippen LogP contribution in [-0.4, -0.2) is 33.3 Å². The summed E-state index contributed by atoms with van der Waals surface area (Å²) < 4.78 is 5.56. The first-order valence-corrected chi connectivity index (χ1v) is 11.8. The van der Waals surface area contributed by atoms with Gasteiger partial charge in [0.25, 0.3) is 11.7 Å². The van der Waals surface area contributed by atoms with E-state index in [0.717, 1.165) is 22.3 Å². The average molecular weight is 471 g/mol. The second-order valence-electron chi connectivity index (χ2n) is 9.02. The number of amides is 1. The van der Waals surface area contributed by atoms with Crippen molar-refractivity contribution in [1.29, 1.82) is 0 Å². The van der Waals surface area contributed by atoms with Crippen molar-refractivity contribution in [2.45, 2.75) is 46.2 Å². The second-order valence-corrected chi connectivity index (χ2v) is 9.02. The van der Waals surface area contributed by atoms with Gasteiger partial charge in [0, 0.05) is 24.5 Å². The normalized spacial score (nSPS) is 17.3. The van der Waals surface area contributed by atoms with Gasteiger partial charge in [-0.25, -0.2) is 0 Å². The van der Waals surface area contributed by atoms with Gasteiger partial charge in [-0.1, -0.05) is 44.2 Å². The van der Waals surface area contributed by atoms with Gasteiger partial charge in [-0.3, -0.25) is 14.6 Å². The first kappa shape index (κ1) is 24.2. The van der Waals surface area contributed by atoms with Gasteiger partial charge in [-0.05, 0) is 66.3 Å². The quantitative estimate of drug-likeness (QED) is 0.279. The van der Waals surface area contributed by atoms with Gasteiger partial charge in [0.05, 0.1) is 18.2 Å². The third-order valence-corrected chi connectivity index (χ3v) is 6.30. The van der Waals surface area contributed by atoms with Gasteiger partial charge in [0.15, 0.2) is 0 Å². The van der Waals surface area contributed by atoms with Crippen LogP contribution < -0.4 is 4.74 Å². The van der Waals surface area contributed by atoms with Crippen LogP contribution in [0, 0.1) is 6.92 Å². The molecule has 0 unspecified atom stereocenters. The van der Waals surface area contributed by atoms with Crippen molar-refractivity contribution in [3.8, 4) is 5.75 Å². The van der Waals surface area contributed by atoms with Crippen LogP contribution in [0.15, 0.2) is 72.6 Å². The highest BCUT2D eigenvalue weighted by molar-refractivity contribution is 6.46. The number of aryl methyl sites for hydroxylation is 1. The second kappa shape index (κ2) is 10.1. The monoisotopic (exact) mass is 470 g/mol.